The molecule has 2 N–H and O–H groups in total. The molecule has 1 aliphatic heterocycles. The molecule has 1 aromatic carbocycles. The van der Waals surface area contributed by atoms with Crippen LogP contribution < -0.4 is 5.32 Å². The van der Waals surface area contributed by atoms with E-state index in [-0.39, 0.29) is 18.6 Å². The van der Waals surface area contributed by atoms with Gasteiger partial charge in [-0.25, -0.2) is 4.68 Å². The summed E-state index contributed by atoms with van der Waals surface area (Å²) in [4.78, 5) is 14.4. The van der Waals surface area contributed by atoms with Crippen molar-refractivity contribution in [2.24, 2.45) is 0 Å². The molecule has 0 bridgehead atoms. The molecule has 164 valence electrons. The smallest absolute Gasteiger partial charge is 0.273 e. The van der Waals surface area contributed by atoms with Crippen LogP contribution in [0.25, 0.3) is 11.3 Å². The standard InChI is InChI=1S/C22H26ClN5O3/c23-19-7-2-1-6-18(19)21-9-8-17(31-21)14-27-11-3-5-16(13-27)28-15-20(25-26-28)22(30)24-10-4-12-29/h1-2,6-9,15-16,29H,3-5,10-14H2,(H,24,30). The summed E-state index contributed by atoms with van der Waals surface area (Å²) in [5.41, 5.74) is 1.19. The zero-order valence-electron chi connectivity index (χ0n) is 17.2. The Bertz CT molecular complexity index is 1020. The number of carbonyl (C=O) groups excluding carboxylic acids is 1. The van der Waals surface area contributed by atoms with E-state index in [1.165, 1.54) is 0 Å². The molecule has 3 heterocycles. The fourth-order valence-electron chi connectivity index (χ4n) is 3.81. The van der Waals surface area contributed by atoms with E-state index in [0.717, 1.165) is 43.0 Å². The van der Waals surface area contributed by atoms with Gasteiger partial charge in [-0.15, -0.1) is 5.10 Å². The van der Waals surface area contributed by atoms with E-state index in [1.54, 1.807) is 10.9 Å². The number of aromatic nitrogens is 3. The lowest BCUT2D eigenvalue weighted by molar-refractivity contribution is 0.0946. The van der Waals surface area contributed by atoms with Crippen molar-refractivity contribution in [1.29, 1.82) is 0 Å². The summed E-state index contributed by atoms with van der Waals surface area (Å²) in [6.45, 7) is 2.93. The Morgan fingerprint density at radius 3 is 3.00 bits per heavy atom. The van der Waals surface area contributed by atoms with Gasteiger partial charge in [0.1, 0.15) is 11.5 Å². The quantitative estimate of drug-likeness (QED) is 0.519. The molecule has 0 saturated carbocycles. The van der Waals surface area contributed by atoms with Crippen LogP contribution in [0.5, 0.6) is 0 Å². The molecule has 1 aliphatic rings. The number of aliphatic hydroxyl groups excluding tert-OH is 1. The number of halogens is 1. The molecule has 1 fully saturated rings. The maximum atomic E-state index is 12.1. The molecule has 4 rings (SSSR count). The minimum absolute atomic E-state index is 0.0421. The number of hydrogen-bond donors (Lipinski definition) is 2. The molecule has 2 aromatic heterocycles. The van der Waals surface area contributed by atoms with Gasteiger partial charge in [-0.05, 0) is 50.1 Å². The van der Waals surface area contributed by atoms with Gasteiger partial charge in [0.2, 0.25) is 0 Å². The fourth-order valence-corrected chi connectivity index (χ4v) is 4.04. The molecule has 9 heteroatoms. The number of nitrogens with one attached hydrogen (secondary N) is 1. The zero-order valence-corrected chi connectivity index (χ0v) is 18.0. The highest BCUT2D eigenvalue weighted by Crippen LogP contribution is 2.30. The minimum atomic E-state index is -0.268. The van der Waals surface area contributed by atoms with Crippen LogP contribution in [0.2, 0.25) is 5.02 Å². The van der Waals surface area contributed by atoms with Crippen molar-refractivity contribution in [1.82, 2.24) is 25.2 Å². The van der Waals surface area contributed by atoms with Crippen molar-refractivity contribution in [3.05, 3.63) is 59.1 Å². The number of amides is 1. The van der Waals surface area contributed by atoms with E-state index in [0.29, 0.717) is 30.2 Å². The molecular weight excluding hydrogens is 418 g/mol. The SMILES string of the molecule is O=C(NCCCO)c1cn(C2CCCN(Cc3ccc(-c4ccccc4Cl)o3)C2)nn1. The zero-order chi connectivity index (χ0) is 21.6. The summed E-state index contributed by atoms with van der Waals surface area (Å²) in [7, 11) is 0. The van der Waals surface area contributed by atoms with E-state index < -0.39 is 0 Å². The van der Waals surface area contributed by atoms with Crippen LogP contribution in [-0.2, 0) is 6.54 Å². The second-order valence-corrected chi connectivity index (χ2v) is 8.10. The van der Waals surface area contributed by atoms with E-state index in [9.17, 15) is 4.79 Å². The third-order valence-corrected chi connectivity index (χ3v) is 5.73. The van der Waals surface area contributed by atoms with Crippen LogP contribution in [-0.4, -0.2) is 57.1 Å². The lowest BCUT2D eigenvalue weighted by Crippen LogP contribution is -2.36. The third-order valence-electron chi connectivity index (χ3n) is 5.40. The number of rotatable bonds is 8. The Balaban J connectivity index is 1.36. The van der Waals surface area contributed by atoms with Crippen molar-refractivity contribution in [2.45, 2.75) is 31.8 Å². The number of benzene rings is 1. The van der Waals surface area contributed by atoms with Crippen LogP contribution in [0.4, 0.5) is 0 Å². The molecule has 1 unspecified atom stereocenters. The van der Waals surface area contributed by atoms with Gasteiger partial charge in [0.25, 0.3) is 5.91 Å². The normalized spacial score (nSPS) is 17.0. The van der Waals surface area contributed by atoms with E-state index in [1.807, 2.05) is 36.4 Å². The summed E-state index contributed by atoms with van der Waals surface area (Å²) in [5, 5.41) is 20.4. The van der Waals surface area contributed by atoms with Crippen LogP contribution in [0.15, 0.2) is 47.0 Å². The van der Waals surface area contributed by atoms with Gasteiger partial charge in [-0.1, -0.05) is 28.9 Å². The second-order valence-electron chi connectivity index (χ2n) is 7.69. The largest absolute Gasteiger partial charge is 0.460 e. The molecule has 1 amide bonds. The van der Waals surface area contributed by atoms with E-state index in [4.69, 9.17) is 21.1 Å². The van der Waals surface area contributed by atoms with Crippen LogP contribution >= 0.6 is 11.6 Å². The van der Waals surface area contributed by atoms with Crippen molar-refractivity contribution in [3.63, 3.8) is 0 Å². The average Bonchev–Trinajstić information content (AvgIpc) is 3.45. The molecule has 3 aromatic rings. The molecule has 0 aliphatic carbocycles. The van der Waals surface area contributed by atoms with E-state index >= 15 is 0 Å². The minimum Gasteiger partial charge on any atom is -0.460 e. The van der Waals surface area contributed by atoms with Gasteiger partial charge in [0.15, 0.2) is 5.69 Å². The second kappa shape index (κ2) is 10.1. The number of piperidine rings is 1. The highest BCUT2D eigenvalue weighted by atomic mass is 35.5. The summed E-state index contributed by atoms with van der Waals surface area (Å²) >= 11 is 6.28. The Kier molecular flexibility index (Phi) is 7.01. The molecule has 31 heavy (non-hydrogen) atoms. The third kappa shape index (κ3) is 5.33. The van der Waals surface area contributed by atoms with Crippen molar-refractivity contribution in [3.8, 4) is 11.3 Å². The Labute approximate surface area is 185 Å². The first-order valence-electron chi connectivity index (χ1n) is 10.5. The predicted octanol–water partition coefficient (Wildman–Crippen LogP) is 3.14. The summed E-state index contributed by atoms with van der Waals surface area (Å²) in [6.07, 6.45) is 4.22. The predicted molar refractivity (Wildman–Crippen MR) is 117 cm³/mol. The molecular formula is C22H26ClN5O3. The number of aliphatic hydroxyl groups is 1. The number of carbonyl (C=O) groups is 1. The lowest BCUT2D eigenvalue weighted by atomic mass is 10.1. The van der Waals surface area contributed by atoms with Crippen molar-refractivity contribution < 1.29 is 14.3 Å². The number of nitrogens with zero attached hydrogens (tertiary/aromatic N) is 4. The highest BCUT2D eigenvalue weighted by Gasteiger charge is 2.24. The molecule has 0 spiro atoms. The first kappa shape index (κ1) is 21.5. The van der Waals surface area contributed by atoms with Crippen LogP contribution in [0.3, 0.4) is 0 Å². The Hall–Kier alpha value is -2.68. The number of hydrogen-bond acceptors (Lipinski definition) is 6. The maximum Gasteiger partial charge on any atom is 0.273 e. The first-order valence-corrected chi connectivity index (χ1v) is 10.9. The van der Waals surface area contributed by atoms with E-state index in [2.05, 4.69) is 20.5 Å². The Morgan fingerprint density at radius 2 is 2.16 bits per heavy atom. The summed E-state index contributed by atoms with van der Waals surface area (Å²) < 4.78 is 7.83. The summed E-state index contributed by atoms with van der Waals surface area (Å²) in [6, 6.07) is 11.7. The fraction of sp³-hybridized carbons (Fsp3) is 0.409. The first-order chi connectivity index (χ1) is 15.1. The average molecular weight is 444 g/mol. The molecule has 0 radical (unpaired) electrons. The van der Waals surface area contributed by atoms with Gasteiger partial charge in [-0.2, -0.15) is 0 Å². The van der Waals surface area contributed by atoms with Gasteiger partial charge in [0, 0.05) is 25.3 Å². The molecule has 8 nitrogen and oxygen atoms in total. The van der Waals surface area contributed by atoms with Gasteiger partial charge in [0.05, 0.1) is 23.8 Å². The van der Waals surface area contributed by atoms with Gasteiger partial charge < -0.3 is 14.8 Å². The lowest BCUT2D eigenvalue weighted by Gasteiger charge is -2.31. The number of furan rings is 1. The van der Waals surface area contributed by atoms with Crippen LogP contribution in [0.1, 0.15) is 41.6 Å². The molecule has 1 atom stereocenters. The maximum absolute atomic E-state index is 12.1. The highest BCUT2D eigenvalue weighted by molar-refractivity contribution is 6.33. The topological polar surface area (TPSA) is 96.4 Å². The summed E-state index contributed by atoms with van der Waals surface area (Å²) in [5.74, 6) is 1.38. The van der Waals surface area contributed by atoms with Gasteiger partial charge in [-0.3, -0.25) is 9.69 Å². The molecule has 1 saturated heterocycles. The Morgan fingerprint density at radius 1 is 1.29 bits per heavy atom. The number of likely N-dealkylation sites (tertiary alicyclic amines) is 1. The van der Waals surface area contributed by atoms with Crippen molar-refractivity contribution in [2.75, 3.05) is 26.2 Å². The monoisotopic (exact) mass is 443 g/mol. The van der Waals surface area contributed by atoms with Crippen LogP contribution in [0, 0.1) is 0 Å². The van der Waals surface area contributed by atoms with Gasteiger partial charge >= 0.3 is 0 Å². The van der Waals surface area contributed by atoms with Crippen molar-refractivity contribution >= 4 is 17.5 Å².